The van der Waals surface area contributed by atoms with Gasteiger partial charge in [0.15, 0.2) is 0 Å². The molecule has 0 aromatic rings. The molecule has 1 unspecified atom stereocenters. The molecule has 1 N–H and O–H groups in total. The summed E-state index contributed by atoms with van der Waals surface area (Å²) in [4.78, 5) is 10.5. The van der Waals surface area contributed by atoms with Crippen molar-refractivity contribution in [1.29, 1.82) is 0 Å². The second-order valence-electron chi connectivity index (χ2n) is 5.47. The fraction of sp³-hybridized carbons (Fsp3) is 0.938. The van der Waals surface area contributed by atoms with Crippen LogP contribution in [0.15, 0.2) is 0 Å². The molecule has 0 saturated carbocycles. The van der Waals surface area contributed by atoms with Crippen molar-refractivity contribution < 1.29 is 69.5 Å². The summed E-state index contributed by atoms with van der Waals surface area (Å²) >= 11 is 0. The molecular weight excluding hydrogens is 310 g/mol. The molecule has 0 bridgehead atoms. The normalized spacial score (nSPS) is 11.9. The van der Waals surface area contributed by atoms with Gasteiger partial charge >= 0.3 is 64.2 Å². The molecule has 0 radical (unpaired) electrons. The number of carboxylic acid groups (broad SMARTS) is 1. The maximum absolute atomic E-state index is 10.5. The van der Waals surface area contributed by atoms with Gasteiger partial charge < -0.3 is 6.53 Å². The topological polar surface area (TPSA) is 37.3 Å². The Kier molecular flexibility index (Phi) is 20.6. The smallest absolute Gasteiger partial charge is 1.00 e. The molecule has 0 spiro atoms. The van der Waals surface area contributed by atoms with E-state index in [4.69, 9.17) is 5.11 Å². The van der Waals surface area contributed by atoms with Crippen molar-refractivity contribution in [1.82, 2.24) is 0 Å². The van der Waals surface area contributed by atoms with Crippen molar-refractivity contribution in [3.8, 4) is 0 Å². The predicted molar refractivity (Wildman–Crippen MR) is 79.0 cm³/mol. The molecule has 0 amide bonds. The third-order valence-electron chi connectivity index (χ3n) is 3.81. The van der Waals surface area contributed by atoms with Crippen molar-refractivity contribution in [2.75, 3.05) is 0 Å². The maximum atomic E-state index is 10.5. The van der Waals surface area contributed by atoms with Gasteiger partial charge in [-0.3, -0.25) is 4.79 Å². The minimum Gasteiger partial charge on any atom is -1.00 e. The Balaban J connectivity index is -0.00000144. The summed E-state index contributed by atoms with van der Waals surface area (Å²) < 4.78 is 0. The van der Waals surface area contributed by atoms with Crippen molar-refractivity contribution >= 4 is 5.97 Å². The summed E-state index contributed by atoms with van der Waals surface area (Å²) in [6, 6.07) is 0. The fourth-order valence-corrected chi connectivity index (χ4v) is 2.45. The van der Waals surface area contributed by atoms with Crippen molar-refractivity contribution in [3.63, 3.8) is 0 Å². The Bertz CT molecular complexity index is 201. The molecular formula is C16H33O2Rb. The van der Waals surface area contributed by atoms with E-state index in [1.807, 2.05) is 0 Å². The monoisotopic (exact) mass is 342 g/mol. The zero-order valence-electron chi connectivity index (χ0n) is 14.4. The van der Waals surface area contributed by atoms with E-state index >= 15 is 0 Å². The van der Waals surface area contributed by atoms with Crippen LogP contribution in [0.4, 0.5) is 0 Å². The molecule has 3 heteroatoms. The molecule has 2 nitrogen and oxygen atoms in total. The number of carbonyl (C=O) groups is 1. The average molecular weight is 343 g/mol. The molecule has 0 fully saturated rings. The van der Waals surface area contributed by atoms with Crippen molar-refractivity contribution in [3.05, 3.63) is 0 Å². The molecule has 110 valence electrons. The zero-order chi connectivity index (χ0) is 13.6. The number of rotatable bonds is 13. The van der Waals surface area contributed by atoms with Crippen LogP contribution in [0.1, 0.15) is 92.3 Å². The van der Waals surface area contributed by atoms with Gasteiger partial charge in [-0.25, -0.2) is 0 Å². The van der Waals surface area contributed by atoms with Crippen molar-refractivity contribution in [2.24, 2.45) is 5.92 Å². The molecule has 0 aliphatic heterocycles. The Morgan fingerprint density at radius 3 is 1.95 bits per heavy atom. The first-order valence-corrected chi connectivity index (χ1v) is 7.92. The Morgan fingerprint density at radius 1 is 0.947 bits per heavy atom. The fourth-order valence-electron chi connectivity index (χ4n) is 2.45. The van der Waals surface area contributed by atoms with Gasteiger partial charge in [-0.15, -0.1) is 0 Å². The van der Waals surface area contributed by atoms with Crippen LogP contribution in [0.25, 0.3) is 0 Å². The summed E-state index contributed by atoms with van der Waals surface area (Å²) in [6.07, 6.45) is 14.4. The Morgan fingerprint density at radius 2 is 1.47 bits per heavy atom. The SMILES string of the molecule is CCCCCCCCCCC(CC)CCC(=O)O.[H-].[Rb+]. The molecule has 19 heavy (non-hydrogen) atoms. The summed E-state index contributed by atoms with van der Waals surface area (Å²) in [5, 5.41) is 8.67. The molecule has 1 atom stereocenters. The summed E-state index contributed by atoms with van der Waals surface area (Å²) in [5.41, 5.74) is 0. The third-order valence-corrected chi connectivity index (χ3v) is 3.81. The van der Waals surface area contributed by atoms with Crippen LogP contribution in [0.3, 0.4) is 0 Å². The van der Waals surface area contributed by atoms with Crippen LogP contribution in [-0.4, -0.2) is 11.1 Å². The summed E-state index contributed by atoms with van der Waals surface area (Å²) in [5.74, 6) is -0.0226. The molecule has 0 aliphatic rings. The number of carboxylic acids is 1. The van der Waals surface area contributed by atoms with E-state index in [-0.39, 0.29) is 59.6 Å². The molecule has 0 saturated heterocycles. The number of aliphatic carboxylic acids is 1. The van der Waals surface area contributed by atoms with Gasteiger partial charge in [-0.1, -0.05) is 78.1 Å². The van der Waals surface area contributed by atoms with E-state index in [0.29, 0.717) is 12.3 Å². The van der Waals surface area contributed by atoms with Gasteiger partial charge in [0.05, 0.1) is 0 Å². The van der Waals surface area contributed by atoms with E-state index in [1.165, 1.54) is 57.8 Å². The van der Waals surface area contributed by atoms with Gasteiger partial charge in [-0.2, -0.15) is 0 Å². The number of hydrogen-bond acceptors (Lipinski definition) is 1. The Hall–Kier alpha value is 1.28. The van der Waals surface area contributed by atoms with Gasteiger partial charge in [-0.05, 0) is 12.3 Å². The second-order valence-corrected chi connectivity index (χ2v) is 5.47. The van der Waals surface area contributed by atoms with Gasteiger partial charge in [0, 0.05) is 6.42 Å². The summed E-state index contributed by atoms with van der Waals surface area (Å²) in [7, 11) is 0. The van der Waals surface area contributed by atoms with Crippen LogP contribution >= 0.6 is 0 Å². The van der Waals surface area contributed by atoms with E-state index in [1.54, 1.807) is 0 Å². The molecule has 0 rings (SSSR count). The number of hydrogen-bond donors (Lipinski definition) is 1. The van der Waals surface area contributed by atoms with E-state index in [2.05, 4.69) is 13.8 Å². The van der Waals surface area contributed by atoms with Crippen molar-refractivity contribution in [2.45, 2.75) is 90.9 Å². The third kappa shape index (κ3) is 17.2. The molecule has 0 aliphatic carbocycles. The second kappa shape index (κ2) is 17.3. The van der Waals surface area contributed by atoms with Gasteiger partial charge in [0.2, 0.25) is 0 Å². The summed E-state index contributed by atoms with van der Waals surface area (Å²) in [6.45, 7) is 4.43. The molecule has 0 aromatic heterocycles. The van der Waals surface area contributed by atoms with Crippen LogP contribution in [0.2, 0.25) is 0 Å². The average Bonchev–Trinajstić information content (AvgIpc) is 2.36. The van der Waals surface area contributed by atoms with Crippen LogP contribution in [0, 0.1) is 5.92 Å². The first kappa shape index (κ1) is 22.6. The van der Waals surface area contributed by atoms with Crippen LogP contribution in [0.5, 0.6) is 0 Å². The minimum absolute atomic E-state index is 0. The first-order valence-electron chi connectivity index (χ1n) is 7.92. The van der Waals surface area contributed by atoms with Gasteiger partial charge in [0.25, 0.3) is 0 Å². The molecule has 0 aromatic carbocycles. The Labute approximate surface area is 170 Å². The standard InChI is InChI=1S/C16H32O2.Rb.H/c1-3-5-6-7-8-9-10-11-12-15(4-2)13-14-16(17)18;;/h15H,3-14H2,1-2H3,(H,17,18);;/q;+1;-1. The van der Waals surface area contributed by atoms with Crippen LogP contribution < -0.4 is 58.2 Å². The molecule has 0 heterocycles. The largest absolute Gasteiger partial charge is 1.00 e. The predicted octanol–water partition coefficient (Wildman–Crippen LogP) is 2.52. The van der Waals surface area contributed by atoms with E-state index in [9.17, 15) is 4.79 Å². The quantitative estimate of drug-likeness (QED) is 0.522. The zero-order valence-corrected chi connectivity index (χ0v) is 18.3. The maximum Gasteiger partial charge on any atom is 1.00 e. The van der Waals surface area contributed by atoms with E-state index in [0.717, 1.165) is 12.8 Å². The number of unbranched alkanes of at least 4 members (excludes halogenated alkanes) is 7. The first-order chi connectivity index (χ1) is 8.70. The minimum atomic E-state index is -0.649. The van der Waals surface area contributed by atoms with Gasteiger partial charge in [0.1, 0.15) is 0 Å². The van der Waals surface area contributed by atoms with E-state index < -0.39 is 5.97 Å². The van der Waals surface area contributed by atoms with Crippen LogP contribution in [-0.2, 0) is 4.79 Å².